The van der Waals surface area contributed by atoms with E-state index in [0.717, 1.165) is 22.1 Å². The van der Waals surface area contributed by atoms with Gasteiger partial charge in [-0.1, -0.05) is 34.1 Å². The number of likely N-dealkylation sites (tertiary alicyclic amines) is 1. The van der Waals surface area contributed by atoms with Crippen molar-refractivity contribution in [2.45, 2.75) is 26.3 Å². The summed E-state index contributed by atoms with van der Waals surface area (Å²) in [7, 11) is 3.93. The fraction of sp³-hybridized carbons (Fsp3) is 0.320. The number of aromatic nitrogens is 2. The van der Waals surface area contributed by atoms with Crippen LogP contribution >= 0.6 is 15.9 Å². The molecule has 3 heterocycles. The van der Waals surface area contributed by atoms with E-state index in [1.807, 2.05) is 79.8 Å². The Morgan fingerprint density at radius 2 is 1.94 bits per heavy atom. The van der Waals surface area contributed by atoms with Crippen LogP contribution in [-0.4, -0.2) is 63.2 Å². The van der Waals surface area contributed by atoms with Crippen LogP contribution in [0.25, 0.3) is 11.4 Å². The van der Waals surface area contributed by atoms with Gasteiger partial charge in [0.05, 0.1) is 17.3 Å². The zero-order valence-corrected chi connectivity index (χ0v) is 20.8. The number of aliphatic hydroxyl groups excluding tert-OH is 1. The van der Waals surface area contributed by atoms with Crippen molar-refractivity contribution in [2.24, 2.45) is 0 Å². The van der Waals surface area contributed by atoms with E-state index in [9.17, 15) is 14.7 Å². The predicted octanol–water partition coefficient (Wildman–Crippen LogP) is 4.09. The van der Waals surface area contributed by atoms with Gasteiger partial charge in [-0.15, -0.1) is 0 Å². The Labute approximate surface area is 201 Å². The number of hydrogen-bond donors (Lipinski definition) is 1. The number of carbonyl (C=O) groups is 2. The average molecular weight is 511 g/mol. The van der Waals surface area contributed by atoms with E-state index in [1.165, 1.54) is 0 Å². The first kappa shape index (κ1) is 23.2. The highest BCUT2D eigenvalue weighted by Gasteiger charge is 2.46. The molecule has 0 bridgehead atoms. The number of aliphatic hydroxyl groups is 1. The summed E-state index contributed by atoms with van der Waals surface area (Å²) in [5, 5.41) is 11.4. The van der Waals surface area contributed by atoms with Crippen molar-refractivity contribution in [3.63, 3.8) is 0 Å². The van der Waals surface area contributed by atoms with Crippen LogP contribution in [-0.2, 0) is 9.59 Å². The number of aryl methyl sites for hydroxylation is 2. The van der Waals surface area contributed by atoms with Gasteiger partial charge in [0, 0.05) is 17.2 Å². The molecule has 1 unspecified atom stereocenters. The van der Waals surface area contributed by atoms with Crippen molar-refractivity contribution in [3.05, 3.63) is 75.2 Å². The molecule has 3 aromatic rings. The second-order valence-electron chi connectivity index (χ2n) is 8.63. The first-order valence-electron chi connectivity index (χ1n) is 10.8. The summed E-state index contributed by atoms with van der Waals surface area (Å²) < 4.78 is 2.71. The van der Waals surface area contributed by atoms with Crippen LogP contribution < -0.4 is 0 Å². The molecule has 33 heavy (non-hydrogen) atoms. The minimum Gasteiger partial charge on any atom is -0.505 e. The van der Waals surface area contributed by atoms with Gasteiger partial charge in [0.25, 0.3) is 11.7 Å². The summed E-state index contributed by atoms with van der Waals surface area (Å²) in [5.41, 5.74) is 3.51. The van der Waals surface area contributed by atoms with Gasteiger partial charge in [0.15, 0.2) is 5.76 Å². The lowest BCUT2D eigenvalue weighted by Crippen LogP contribution is -2.32. The standard InChI is InChI=1S/C25H27BrN4O3/c1-15-8-6-12-29-16(2)20(27-24(15)29)22(31)19-21(17-9-5-10-18(26)14-17)30(25(33)23(19)32)13-7-11-28(3)4/h5-6,8-10,12,14,21,31H,7,11,13H2,1-4H3. The van der Waals surface area contributed by atoms with Gasteiger partial charge >= 0.3 is 0 Å². The second kappa shape index (κ2) is 9.11. The van der Waals surface area contributed by atoms with Gasteiger partial charge < -0.3 is 19.3 Å². The number of Topliss-reactive ketones (excluding diaryl/α,β-unsaturated/α-hetero) is 1. The van der Waals surface area contributed by atoms with Crippen LogP contribution in [0.1, 0.15) is 35.0 Å². The number of ketones is 1. The molecule has 1 atom stereocenters. The van der Waals surface area contributed by atoms with Crippen molar-refractivity contribution in [2.75, 3.05) is 27.2 Å². The number of carbonyl (C=O) groups excluding carboxylic acids is 2. The third kappa shape index (κ3) is 4.20. The van der Waals surface area contributed by atoms with Gasteiger partial charge in [0.1, 0.15) is 11.3 Å². The van der Waals surface area contributed by atoms with Gasteiger partial charge in [0.2, 0.25) is 0 Å². The van der Waals surface area contributed by atoms with Crippen LogP contribution in [0.3, 0.4) is 0 Å². The highest BCUT2D eigenvalue weighted by Crippen LogP contribution is 2.40. The van der Waals surface area contributed by atoms with Crippen LogP contribution in [0.2, 0.25) is 0 Å². The number of halogens is 1. The number of pyridine rings is 1. The third-order valence-corrected chi connectivity index (χ3v) is 6.51. The SMILES string of the molecule is Cc1cccn2c(C)c(C(O)=C3C(=O)C(=O)N(CCCN(C)C)C3c3cccc(Br)c3)nc12. The molecule has 0 spiro atoms. The van der Waals surface area contributed by atoms with E-state index in [0.29, 0.717) is 30.0 Å². The summed E-state index contributed by atoms with van der Waals surface area (Å²) in [6, 6.07) is 10.7. The minimum atomic E-state index is -0.685. The number of benzene rings is 1. The monoisotopic (exact) mass is 510 g/mol. The topological polar surface area (TPSA) is 78.2 Å². The molecule has 0 aliphatic carbocycles. The lowest BCUT2D eigenvalue weighted by atomic mass is 9.96. The Balaban J connectivity index is 1.88. The maximum atomic E-state index is 13.2. The number of fused-ring (bicyclic) bond motifs is 1. The third-order valence-electron chi connectivity index (χ3n) is 6.02. The van der Waals surface area contributed by atoms with Gasteiger partial charge in [-0.25, -0.2) is 4.98 Å². The number of imidazole rings is 1. The minimum absolute atomic E-state index is 0.0760. The lowest BCUT2D eigenvalue weighted by Gasteiger charge is -2.26. The first-order valence-corrected chi connectivity index (χ1v) is 11.6. The molecule has 1 fully saturated rings. The van der Waals surface area contributed by atoms with E-state index in [4.69, 9.17) is 0 Å². The number of hydrogen-bond acceptors (Lipinski definition) is 5. The van der Waals surface area contributed by atoms with E-state index in [-0.39, 0.29) is 11.3 Å². The molecule has 1 aromatic carbocycles. The van der Waals surface area contributed by atoms with Crippen molar-refractivity contribution in [3.8, 4) is 0 Å². The number of nitrogens with zero attached hydrogens (tertiary/aromatic N) is 4. The Morgan fingerprint density at radius 3 is 2.61 bits per heavy atom. The quantitative estimate of drug-likeness (QED) is 0.307. The molecule has 1 aliphatic rings. The smallest absolute Gasteiger partial charge is 0.295 e. The Kier molecular flexibility index (Phi) is 6.41. The van der Waals surface area contributed by atoms with Crippen LogP contribution in [0, 0.1) is 13.8 Å². The van der Waals surface area contributed by atoms with Crippen LogP contribution in [0.15, 0.2) is 52.6 Å². The summed E-state index contributed by atoms with van der Waals surface area (Å²) in [4.78, 5) is 34.5. The molecule has 7 nitrogen and oxygen atoms in total. The fourth-order valence-corrected chi connectivity index (χ4v) is 4.78. The molecule has 8 heteroatoms. The van der Waals surface area contributed by atoms with Crippen molar-refractivity contribution in [1.29, 1.82) is 0 Å². The molecule has 2 aromatic heterocycles. The first-order chi connectivity index (χ1) is 15.7. The molecule has 172 valence electrons. The largest absolute Gasteiger partial charge is 0.505 e. The van der Waals surface area contributed by atoms with Gasteiger partial charge in [-0.05, 0) is 70.2 Å². The maximum absolute atomic E-state index is 13.2. The molecule has 1 amide bonds. The van der Waals surface area contributed by atoms with E-state index < -0.39 is 17.7 Å². The normalized spacial score (nSPS) is 18.1. The molecular weight excluding hydrogens is 484 g/mol. The molecule has 4 rings (SSSR count). The van der Waals surface area contributed by atoms with Crippen LogP contribution in [0.5, 0.6) is 0 Å². The van der Waals surface area contributed by atoms with Crippen molar-refractivity contribution < 1.29 is 14.7 Å². The van der Waals surface area contributed by atoms with E-state index in [1.54, 1.807) is 4.90 Å². The molecular formula is C25H27BrN4O3. The Hall–Kier alpha value is -2.97. The Morgan fingerprint density at radius 1 is 1.18 bits per heavy atom. The summed E-state index contributed by atoms with van der Waals surface area (Å²) in [5.74, 6) is -1.53. The number of rotatable bonds is 6. The molecule has 1 aliphatic heterocycles. The van der Waals surface area contributed by atoms with E-state index in [2.05, 4.69) is 20.9 Å². The van der Waals surface area contributed by atoms with Crippen molar-refractivity contribution >= 4 is 39.0 Å². The summed E-state index contributed by atoms with van der Waals surface area (Å²) in [6.45, 7) is 4.96. The highest BCUT2D eigenvalue weighted by atomic mass is 79.9. The molecule has 1 saturated heterocycles. The zero-order chi connectivity index (χ0) is 23.9. The van der Waals surface area contributed by atoms with Gasteiger partial charge in [-0.2, -0.15) is 0 Å². The summed E-state index contributed by atoms with van der Waals surface area (Å²) >= 11 is 3.49. The van der Waals surface area contributed by atoms with Crippen LogP contribution in [0.4, 0.5) is 0 Å². The fourth-order valence-electron chi connectivity index (χ4n) is 4.37. The highest BCUT2D eigenvalue weighted by molar-refractivity contribution is 9.10. The zero-order valence-electron chi connectivity index (χ0n) is 19.2. The lowest BCUT2D eigenvalue weighted by molar-refractivity contribution is -0.139. The Bertz CT molecular complexity index is 1280. The average Bonchev–Trinajstić information content (AvgIpc) is 3.23. The summed E-state index contributed by atoms with van der Waals surface area (Å²) in [6.07, 6.45) is 2.57. The maximum Gasteiger partial charge on any atom is 0.295 e. The predicted molar refractivity (Wildman–Crippen MR) is 131 cm³/mol. The second-order valence-corrected chi connectivity index (χ2v) is 9.55. The van der Waals surface area contributed by atoms with E-state index >= 15 is 0 Å². The van der Waals surface area contributed by atoms with Gasteiger partial charge in [-0.3, -0.25) is 9.59 Å². The number of amides is 1. The molecule has 1 N–H and O–H groups in total. The molecule has 0 radical (unpaired) electrons. The van der Waals surface area contributed by atoms with Crippen molar-refractivity contribution in [1.82, 2.24) is 19.2 Å². The molecule has 0 saturated carbocycles.